The van der Waals surface area contributed by atoms with E-state index in [1.54, 1.807) is 0 Å². The summed E-state index contributed by atoms with van der Waals surface area (Å²) in [4.78, 5) is 0. The van der Waals surface area contributed by atoms with E-state index >= 15 is 0 Å². The predicted octanol–water partition coefficient (Wildman–Crippen LogP) is 2.55. The largest absolute Gasteiger partial charge is 0.387 e. The van der Waals surface area contributed by atoms with Crippen LogP contribution in [0.5, 0.6) is 0 Å². The zero-order valence-electron chi connectivity index (χ0n) is 8.90. The molecule has 0 bridgehead atoms. The van der Waals surface area contributed by atoms with Gasteiger partial charge >= 0.3 is 0 Å². The van der Waals surface area contributed by atoms with Gasteiger partial charge < -0.3 is 9.67 Å². The van der Waals surface area contributed by atoms with Crippen LogP contribution in [0.15, 0.2) is 24.3 Å². The van der Waals surface area contributed by atoms with Gasteiger partial charge in [0.1, 0.15) is 0 Å². The van der Waals surface area contributed by atoms with Gasteiger partial charge in [-0.3, -0.25) is 0 Å². The van der Waals surface area contributed by atoms with Crippen LogP contribution < -0.4 is 0 Å². The fourth-order valence-electron chi connectivity index (χ4n) is 2.79. The molecule has 15 heavy (non-hydrogen) atoms. The quantitative estimate of drug-likeness (QED) is 0.696. The highest BCUT2D eigenvalue weighted by atomic mass is 16.3. The number of aliphatic hydroxyl groups excluding tert-OH is 1. The van der Waals surface area contributed by atoms with Crippen LogP contribution >= 0.6 is 0 Å². The van der Waals surface area contributed by atoms with E-state index < -0.39 is 0 Å². The van der Waals surface area contributed by atoms with Crippen molar-refractivity contribution in [3.8, 4) is 0 Å². The van der Waals surface area contributed by atoms with Crippen molar-refractivity contribution in [2.75, 3.05) is 0 Å². The fourth-order valence-corrected chi connectivity index (χ4v) is 2.79. The van der Waals surface area contributed by atoms with Gasteiger partial charge in [0.2, 0.25) is 0 Å². The Hall–Kier alpha value is -1.28. The number of aryl methyl sites for hydroxylation is 2. The summed E-state index contributed by atoms with van der Waals surface area (Å²) >= 11 is 0. The normalized spacial score (nSPS) is 20.5. The number of fused-ring (bicyclic) bond motifs is 3. The lowest BCUT2D eigenvalue weighted by molar-refractivity contribution is 0.149. The molecule has 0 aliphatic heterocycles. The van der Waals surface area contributed by atoms with Gasteiger partial charge in [-0.15, -0.1) is 0 Å². The topological polar surface area (TPSA) is 25.2 Å². The molecule has 0 saturated carbocycles. The number of aliphatic hydroxyl groups is 1. The second-order valence-electron chi connectivity index (χ2n) is 4.35. The molecule has 2 nitrogen and oxygen atoms in total. The van der Waals surface area contributed by atoms with Crippen LogP contribution in [0.2, 0.25) is 0 Å². The first-order valence-electron chi connectivity index (χ1n) is 5.53. The van der Waals surface area contributed by atoms with Crippen molar-refractivity contribution in [1.29, 1.82) is 0 Å². The lowest BCUT2D eigenvalue weighted by atomic mass is 9.93. The number of nitrogens with zero attached hydrogens (tertiary/aromatic N) is 1. The number of hydrogen-bond donors (Lipinski definition) is 1. The summed E-state index contributed by atoms with van der Waals surface area (Å²) in [5.41, 5.74) is 3.72. The molecule has 78 valence electrons. The van der Waals surface area contributed by atoms with Gasteiger partial charge in [-0.1, -0.05) is 18.2 Å². The van der Waals surface area contributed by atoms with Gasteiger partial charge in [0, 0.05) is 18.0 Å². The summed E-state index contributed by atoms with van der Waals surface area (Å²) in [6.45, 7) is 0. The van der Waals surface area contributed by atoms with Gasteiger partial charge in [-0.25, -0.2) is 0 Å². The van der Waals surface area contributed by atoms with Crippen LogP contribution in [0.1, 0.15) is 30.2 Å². The van der Waals surface area contributed by atoms with E-state index in [-0.39, 0.29) is 6.10 Å². The molecule has 0 amide bonds. The number of hydrogen-bond acceptors (Lipinski definition) is 1. The molecule has 0 fully saturated rings. The summed E-state index contributed by atoms with van der Waals surface area (Å²) < 4.78 is 2.15. The molecule has 1 aliphatic rings. The Morgan fingerprint density at radius 2 is 2.13 bits per heavy atom. The fraction of sp³-hybridized carbons (Fsp3) is 0.385. The van der Waals surface area contributed by atoms with E-state index in [0.29, 0.717) is 0 Å². The Bertz CT molecular complexity index is 512. The van der Waals surface area contributed by atoms with E-state index in [0.717, 1.165) is 25.0 Å². The molecule has 3 rings (SSSR count). The average Bonchev–Trinajstić information content (AvgIpc) is 2.55. The number of rotatable bonds is 0. The minimum atomic E-state index is -0.272. The molecule has 2 heteroatoms. The molecular formula is C13H15NO. The van der Waals surface area contributed by atoms with Crippen molar-refractivity contribution in [3.63, 3.8) is 0 Å². The van der Waals surface area contributed by atoms with Crippen LogP contribution in [0.3, 0.4) is 0 Å². The van der Waals surface area contributed by atoms with E-state index in [4.69, 9.17) is 0 Å². The van der Waals surface area contributed by atoms with Crippen LogP contribution in [-0.2, 0) is 13.5 Å². The van der Waals surface area contributed by atoms with Crippen molar-refractivity contribution in [2.24, 2.45) is 7.05 Å². The third-order valence-corrected chi connectivity index (χ3v) is 3.48. The second-order valence-corrected chi connectivity index (χ2v) is 4.35. The summed E-state index contributed by atoms with van der Waals surface area (Å²) in [5, 5.41) is 11.3. The maximum absolute atomic E-state index is 10.0. The average molecular weight is 201 g/mol. The van der Waals surface area contributed by atoms with Gasteiger partial charge in [-0.05, 0) is 30.9 Å². The van der Waals surface area contributed by atoms with Crippen molar-refractivity contribution < 1.29 is 5.11 Å². The Morgan fingerprint density at radius 3 is 3.00 bits per heavy atom. The first-order chi connectivity index (χ1) is 7.29. The monoisotopic (exact) mass is 201 g/mol. The zero-order valence-corrected chi connectivity index (χ0v) is 8.90. The van der Waals surface area contributed by atoms with Gasteiger partial charge in [-0.2, -0.15) is 0 Å². The van der Waals surface area contributed by atoms with E-state index in [2.05, 4.69) is 35.9 Å². The Balaban J connectivity index is 2.40. The molecule has 1 heterocycles. The number of para-hydroxylation sites is 1. The van der Waals surface area contributed by atoms with Crippen LogP contribution in [-0.4, -0.2) is 9.67 Å². The molecular weight excluding hydrogens is 186 g/mol. The predicted molar refractivity (Wildman–Crippen MR) is 60.8 cm³/mol. The first-order valence-corrected chi connectivity index (χ1v) is 5.53. The Labute approximate surface area is 89.1 Å². The highest BCUT2D eigenvalue weighted by Crippen LogP contribution is 2.36. The summed E-state index contributed by atoms with van der Waals surface area (Å²) in [6, 6.07) is 8.41. The molecule has 0 spiro atoms. The summed E-state index contributed by atoms with van der Waals surface area (Å²) in [5.74, 6) is 0. The lowest BCUT2D eigenvalue weighted by Gasteiger charge is -2.19. The first kappa shape index (κ1) is 8.98. The Kier molecular flexibility index (Phi) is 1.86. The number of aromatic nitrogens is 1. The van der Waals surface area contributed by atoms with Crippen molar-refractivity contribution >= 4 is 10.9 Å². The lowest BCUT2D eigenvalue weighted by Crippen LogP contribution is -2.11. The van der Waals surface area contributed by atoms with E-state index in [1.165, 1.54) is 16.5 Å². The van der Waals surface area contributed by atoms with Crippen LogP contribution in [0.25, 0.3) is 10.9 Å². The second kappa shape index (κ2) is 3.11. The van der Waals surface area contributed by atoms with Crippen LogP contribution in [0, 0.1) is 0 Å². The molecule has 0 saturated heterocycles. The van der Waals surface area contributed by atoms with Gasteiger partial charge in [0.15, 0.2) is 0 Å². The Morgan fingerprint density at radius 1 is 1.33 bits per heavy atom. The van der Waals surface area contributed by atoms with Crippen molar-refractivity contribution in [2.45, 2.75) is 25.4 Å². The van der Waals surface area contributed by atoms with Crippen molar-refractivity contribution in [3.05, 3.63) is 35.5 Å². The standard InChI is InChI=1S/C13H15NO/c1-14-11-7-3-2-5-9(11)10-6-4-8-12(15)13(10)14/h2-3,5,7,12,15H,4,6,8H2,1H3/t12-/m1/s1. The van der Waals surface area contributed by atoms with E-state index in [1.807, 2.05) is 0 Å². The van der Waals surface area contributed by atoms with Gasteiger partial charge in [0.05, 0.1) is 11.8 Å². The van der Waals surface area contributed by atoms with Crippen LogP contribution in [0.4, 0.5) is 0 Å². The third kappa shape index (κ3) is 1.15. The highest BCUT2D eigenvalue weighted by molar-refractivity contribution is 5.85. The molecule has 1 atom stereocenters. The number of benzene rings is 1. The molecule has 1 aliphatic carbocycles. The smallest absolute Gasteiger partial charge is 0.0942 e. The molecule has 2 aromatic rings. The molecule has 1 aromatic carbocycles. The van der Waals surface area contributed by atoms with Gasteiger partial charge in [0.25, 0.3) is 0 Å². The summed E-state index contributed by atoms with van der Waals surface area (Å²) in [7, 11) is 2.05. The molecule has 1 aromatic heterocycles. The molecule has 1 N–H and O–H groups in total. The maximum Gasteiger partial charge on any atom is 0.0942 e. The SMILES string of the molecule is Cn1c2c(c3ccccc31)CCC[C@H]2O. The summed E-state index contributed by atoms with van der Waals surface area (Å²) in [6.07, 6.45) is 2.83. The molecule has 0 unspecified atom stereocenters. The maximum atomic E-state index is 10.0. The van der Waals surface area contributed by atoms with Crippen molar-refractivity contribution in [1.82, 2.24) is 4.57 Å². The third-order valence-electron chi connectivity index (χ3n) is 3.48. The molecule has 0 radical (unpaired) electrons. The highest BCUT2D eigenvalue weighted by Gasteiger charge is 2.24. The minimum Gasteiger partial charge on any atom is -0.387 e. The zero-order chi connectivity index (χ0) is 10.4. The minimum absolute atomic E-state index is 0.272. The van der Waals surface area contributed by atoms with E-state index in [9.17, 15) is 5.11 Å².